The Morgan fingerprint density at radius 2 is 1.12 bits per heavy atom. The molecule has 0 spiro atoms. The average molecular weight is 1320 g/mol. The summed E-state index contributed by atoms with van der Waals surface area (Å²) in [5.41, 5.74) is 0. The molecule has 0 aliphatic carbocycles. The summed E-state index contributed by atoms with van der Waals surface area (Å²) in [4.78, 5) is 0. The predicted molar refractivity (Wildman–Crippen MR) is 36.0 cm³/mol. The van der Waals surface area contributed by atoms with Crippen molar-refractivity contribution in [2.75, 3.05) is 6.61 Å². The predicted octanol–water partition coefficient (Wildman–Crippen LogP) is -3.22. The maximum atomic E-state index is 9.12. The van der Waals surface area contributed by atoms with Gasteiger partial charge < -0.3 is 30.3 Å². The quantitative estimate of drug-likeness (QED) is 0.190. The van der Waals surface area contributed by atoms with Gasteiger partial charge in [-0.05, 0) is 0 Å². The number of rotatable bonds is 1. The third-order valence-corrected chi connectivity index (χ3v) is 1.87. The molecule has 11 heteroatoms. The largest absolute Gasteiger partial charge is 0.394 e. The fraction of sp³-hybridized carbons (Fsp3) is 1.00. The van der Waals surface area contributed by atoms with Crippen molar-refractivity contribution in [3.63, 3.8) is 0 Å². The van der Waals surface area contributed by atoms with Gasteiger partial charge in [0.25, 0.3) is 0 Å². The molecule has 0 aromatic rings. The number of ether oxygens (including phenoxy) is 1. The van der Waals surface area contributed by atoms with E-state index in [1.165, 1.54) is 0 Å². The van der Waals surface area contributed by atoms with Gasteiger partial charge in [-0.25, -0.2) is 0 Å². The van der Waals surface area contributed by atoms with Gasteiger partial charge in [0.05, 0.1) is 6.61 Å². The van der Waals surface area contributed by atoms with Crippen LogP contribution in [0, 0.1) is 220 Å². The fourth-order valence-corrected chi connectivity index (χ4v) is 1.08. The third kappa shape index (κ3) is 12.0. The van der Waals surface area contributed by atoms with Gasteiger partial charge in [0.15, 0.2) is 6.29 Å². The van der Waals surface area contributed by atoms with Crippen LogP contribution in [-0.2, 0) is 4.74 Å². The normalized spacial score (nSPS) is 34.8. The van der Waals surface area contributed by atoms with E-state index in [-0.39, 0.29) is 220 Å². The fourth-order valence-electron chi connectivity index (χ4n) is 1.08. The van der Waals surface area contributed by atoms with Crippen molar-refractivity contribution in [3.8, 4) is 0 Å². The molecule has 1 heterocycles. The molecule has 1 fully saturated rings. The van der Waals surface area contributed by atoms with Gasteiger partial charge in [0.2, 0.25) is 0 Å². The van der Waals surface area contributed by atoms with Crippen molar-refractivity contribution in [2.24, 2.45) is 0 Å². The third-order valence-electron chi connectivity index (χ3n) is 1.87. The second-order valence-electron chi connectivity index (χ2n) is 2.72. The Morgan fingerprint density at radius 3 is 1.47 bits per heavy atom. The van der Waals surface area contributed by atoms with Crippen LogP contribution in [0.2, 0.25) is 0 Å². The molecule has 1 saturated heterocycles. The first-order chi connectivity index (χ1) is 5.57. The van der Waals surface area contributed by atoms with Gasteiger partial charge in [0.1, 0.15) is 24.4 Å². The Labute approximate surface area is 279 Å². The van der Waals surface area contributed by atoms with E-state index in [2.05, 4.69) is 4.74 Å². The molecule has 6 nitrogen and oxygen atoms in total. The number of aliphatic hydroxyl groups excluding tert-OH is 5. The van der Waals surface area contributed by atoms with Crippen molar-refractivity contribution in [3.05, 3.63) is 0 Å². The van der Waals surface area contributed by atoms with Crippen LogP contribution in [0.1, 0.15) is 0 Å². The molecule has 87 valence electrons. The van der Waals surface area contributed by atoms with Crippen LogP contribution in [0.4, 0.5) is 0 Å². The maximum Gasteiger partial charge on any atom is 0.184 e. The summed E-state index contributed by atoms with van der Waals surface area (Å²) in [6.45, 7) is -0.526. The van der Waals surface area contributed by atoms with E-state index < -0.39 is 37.3 Å². The van der Waals surface area contributed by atoms with Gasteiger partial charge >= 0.3 is 0 Å². The number of hydrogen-bond acceptors (Lipinski definition) is 6. The van der Waals surface area contributed by atoms with Crippen LogP contribution >= 0.6 is 0 Å². The summed E-state index contributed by atoms with van der Waals surface area (Å²) in [5, 5.41) is 44.7. The minimum atomic E-state index is -1.57. The summed E-state index contributed by atoms with van der Waals surface area (Å²) in [7, 11) is 0. The second kappa shape index (κ2) is 19.3. The summed E-state index contributed by atoms with van der Waals surface area (Å²) in [6.07, 6.45) is -7.04. The smallest absolute Gasteiger partial charge is 0.184 e. The molecule has 5 N–H and O–H groups in total. The van der Waals surface area contributed by atoms with Crippen molar-refractivity contribution in [1.29, 1.82) is 0 Å². The molecule has 4 unspecified atom stereocenters. The number of aliphatic hydroxyl groups is 5. The molecular formula is C6H12Ac5O6. The Kier molecular flexibility index (Phi) is 39.9. The molecule has 0 aromatic heterocycles. The topological polar surface area (TPSA) is 110 Å². The van der Waals surface area contributed by atoms with Crippen molar-refractivity contribution in [1.82, 2.24) is 0 Å². The Bertz CT molecular complexity index is 161. The van der Waals surface area contributed by atoms with E-state index in [1.807, 2.05) is 0 Å². The van der Waals surface area contributed by atoms with E-state index in [4.69, 9.17) is 25.5 Å². The van der Waals surface area contributed by atoms with Crippen LogP contribution in [-0.4, -0.2) is 62.8 Å². The summed E-state index contributed by atoms with van der Waals surface area (Å²) in [6, 6.07) is 0. The minimum absolute atomic E-state index is 0. The molecule has 17 heavy (non-hydrogen) atoms. The van der Waals surface area contributed by atoms with Crippen LogP contribution in [0.15, 0.2) is 0 Å². The van der Waals surface area contributed by atoms with Gasteiger partial charge in [-0.2, -0.15) is 0 Å². The van der Waals surface area contributed by atoms with Crippen LogP contribution in [0.3, 0.4) is 0 Å². The maximum absolute atomic E-state index is 9.12. The molecule has 1 aliphatic rings. The van der Waals surface area contributed by atoms with Crippen LogP contribution < -0.4 is 0 Å². The van der Waals surface area contributed by atoms with E-state index >= 15 is 0 Å². The zero-order chi connectivity index (χ0) is 9.30. The molecule has 0 saturated carbocycles. The van der Waals surface area contributed by atoms with Crippen molar-refractivity contribution >= 4 is 0 Å². The standard InChI is InChI=1S/C6H12O6.5Ac/c7-1-2-3(8)4(9)5(10)6(11)12-2;;;;;/h2-11H,1H2;;;;;/t2-,3?,4?,5?,6?;;;;;/m1...../s1. The van der Waals surface area contributed by atoms with Gasteiger partial charge in [-0.3, -0.25) is 0 Å². The molecule has 0 aromatic carbocycles. The van der Waals surface area contributed by atoms with E-state index in [0.717, 1.165) is 0 Å². The Balaban J connectivity index is -0.0000000960. The molecule has 0 bridgehead atoms. The van der Waals surface area contributed by atoms with E-state index in [9.17, 15) is 0 Å². The summed E-state index contributed by atoms with van der Waals surface area (Å²) < 4.78 is 4.58. The Morgan fingerprint density at radius 1 is 0.706 bits per heavy atom. The zero-order valence-corrected chi connectivity index (χ0v) is 32.9. The Hall–Kier alpha value is 6.97. The van der Waals surface area contributed by atoms with Gasteiger partial charge in [-0.1, -0.05) is 0 Å². The molecular weight excluding hydrogens is 1300 g/mol. The molecule has 1 aliphatic heterocycles. The van der Waals surface area contributed by atoms with E-state index in [0.29, 0.717) is 0 Å². The van der Waals surface area contributed by atoms with Crippen molar-refractivity contribution in [2.45, 2.75) is 30.7 Å². The zero-order valence-electron chi connectivity index (χ0n) is 9.12. The van der Waals surface area contributed by atoms with Gasteiger partial charge in [-0.15, -0.1) is 0 Å². The van der Waals surface area contributed by atoms with E-state index in [1.54, 1.807) is 0 Å². The number of hydrogen-bond donors (Lipinski definition) is 5. The first-order valence-corrected chi connectivity index (χ1v) is 3.56. The van der Waals surface area contributed by atoms with Crippen LogP contribution in [0.5, 0.6) is 0 Å². The monoisotopic (exact) mass is 1320 g/mol. The summed E-state index contributed by atoms with van der Waals surface area (Å²) >= 11 is 0. The summed E-state index contributed by atoms with van der Waals surface area (Å²) in [5.74, 6) is 0. The molecule has 0 amide bonds. The molecule has 1 rings (SSSR count). The first kappa shape index (κ1) is 35.1. The molecule has 5 atom stereocenters. The second-order valence-corrected chi connectivity index (χ2v) is 2.72. The van der Waals surface area contributed by atoms with Crippen molar-refractivity contribution < 1.29 is 251 Å². The van der Waals surface area contributed by atoms with Gasteiger partial charge in [0, 0.05) is 220 Å². The minimum Gasteiger partial charge on any atom is -0.394 e. The van der Waals surface area contributed by atoms with Crippen LogP contribution in [0.25, 0.3) is 0 Å². The average Bonchev–Trinajstić information content (AvgIpc) is 2.08. The SMILES string of the molecule is OC[C@H]1OC(O)C(O)C(O)C1O.[Ac].[Ac].[Ac].[Ac].[Ac]. The first-order valence-electron chi connectivity index (χ1n) is 3.56. The molecule has 5 radical (unpaired) electrons.